The molecule has 4 nitrogen and oxygen atoms in total. The van der Waals surface area contributed by atoms with E-state index >= 15 is 0 Å². The standard InChI is InChI=1S/C28H63N3OSi/c1-9-17-29(18-10-2)23-28(24-30(19-11-3)20-12-4,25-31(21-13-5)22-14-6)26-33-32-27(15-7)16-8/h27H,9-26,33H2,1-8H3. The molecule has 0 aliphatic rings. The molecule has 0 aromatic rings. The van der Waals surface area contributed by atoms with Crippen LogP contribution in [0.4, 0.5) is 0 Å². The number of hydrogen-bond donors (Lipinski definition) is 0. The predicted octanol–water partition coefficient (Wildman–Crippen LogP) is 6.05. The highest BCUT2D eigenvalue weighted by Gasteiger charge is 2.36. The molecule has 0 atom stereocenters. The lowest BCUT2D eigenvalue weighted by molar-refractivity contribution is 0.0618. The summed E-state index contributed by atoms with van der Waals surface area (Å²) < 4.78 is 6.58. The van der Waals surface area contributed by atoms with Crippen molar-refractivity contribution < 1.29 is 4.43 Å². The Labute approximate surface area is 212 Å². The first-order valence-electron chi connectivity index (χ1n) is 14.8. The smallest absolute Gasteiger partial charge is 0.162 e. The predicted molar refractivity (Wildman–Crippen MR) is 152 cm³/mol. The molecule has 0 radical (unpaired) electrons. The molecule has 0 fully saturated rings. The lowest BCUT2D eigenvalue weighted by Crippen LogP contribution is -2.53. The summed E-state index contributed by atoms with van der Waals surface area (Å²) in [4.78, 5) is 8.37. The highest BCUT2D eigenvalue weighted by Crippen LogP contribution is 2.29. The van der Waals surface area contributed by atoms with Gasteiger partial charge in [-0.15, -0.1) is 0 Å². The Bertz CT molecular complexity index is 356. The van der Waals surface area contributed by atoms with Crippen LogP contribution in [-0.4, -0.2) is 89.5 Å². The highest BCUT2D eigenvalue weighted by molar-refractivity contribution is 6.27. The van der Waals surface area contributed by atoms with Gasteiger partial charge in [-0.25, -0.2) is 0 Å². The van der Waals surface area contributed by atoms with Crippen LogP contribution in [0.1, 0.15) is 107 Å². The van der Waals surface area contributed by atoms with Crippen LogP contribution in [0.25, 0.3) is 0 Å². The Morgan fingerprint density at radius 3 is 1.09 bits per heavy atom. The maximum Gasteiger partial charge on any atom is 0.162 e. The van der Waals surface area contributed by atoms with E-state index < -0.39 is 9.76 Å². The van der Waals surface area contributed by atoms with Gasteiger partial charge in [-0.1, -0.05) is 55.4 Å². The Hall–Kier alpha value is 0.0569. The van der Waals surface area contributed by atoms with Gasteiger partial charge < -0.3 is 19.1 Å². The van der Waals surface area contributed by atoms with Crippen molar-refractivity contribution in [1.29, 1.82) is 0 Å². The fraction of sp³-hybridized carbons (Fsp3) is 1.00. The number of hydrogen-bond acceptors (Lipinski definition) is 4. The van der Waals surface area contributed by atoms with E-state index in [1.54, 1.807) is 0 Å². The van der Waals surface area contributed by atoms with Crippen molar-refractivity contribution in [2.45, 2.75) is 119 Å². The summed E-state index contributed by atoms with van der Waals surface area (Å²) in [5.41, 5.74) is 0.317. The molecule has 0 saturated carbocycles. The van der Waals surface area contributed by atoms with E-state index in [4.69, 9.17) is 4.43 Å². The van der Waals surface area contributed by atoms with Crippen LogP contribution in [0.3, 0.4) is 0 Å². The van der Waals surface area contributed by atoms with Crippen LogP contribution in [0.15, 0.2) is 0 Å². The van der Waals surface area contributed by atoms with Crippen molar-refractivity contribution >= 4 is 9.76 Å². The second kappa shape index (κ2) is 21.3. The first-order valence-corrected chi connectivity index (χ1v) is 16.3. The molecule has 0 rings (SSSR count). The molecule has 33 heavy (non-hydrogen) atoms. The first kappa shape index (κ1) is 33.1. The van der Waals surface area contributed by atoms with Gasteiger partial charge in [0.05, 0.1) is 0 Å². The van der Waals surface area contributed by atoms with Gasteiger partial charge in [0.1, 0.15) is 0 Å². The van der Waals surface area contributed by atoms with Crippen molar-refractivity contribution in [2.75, 3.05) is 58.9 Å². The molecule has 0 aliphatic heterocycles. The molecule has 0 amide bonds. The van der Waals surface area contributed by atoms with Crippen LogP contribution in [0.2, 0.25) is 6.04 Å². The van der Waals surface area contributed by atoms with E-state index in [0.717, 1.165) is 12.8 Å². The molecule has 0 unspecified atom stereocenters. The van der Waals surface area contributed by atoms with E-state index in [0.29, 0.717) is 11.5 Å². The molecule has 0 saturated heterocycles. The summed E-state index contributed by atoms with van der Waals surface area (Å²) in [6.07, 6.45) is 10.3. The minimum atomic E-state index is -0.555. The minimum absolute atomic E-state index is 0.317. The third-order valence-electron chi connectivity index (χ3n) is 6.81. The Balaban J connectivity index is 6.00. The van der Waals surface area contributed by atoms with Crippen molar-refractivity contribution in [3.05, 3.63) is 0 Å². The van der Waals surface area contributed by atoms with Gasteiger partial charge in [0.25, 0.3) is 0 Å². The zero-order valence-corrected chi connectivity index (χ0v) is 25.7. The van der Waals surface area contributed by atoms with Crippen LogP contribution in [0.5, 0.6) is 0 Å². The molecular formula is C28H63N3OSi. The van der Waals surface area contributed by atoms with Gasteiger partial charge in [0, 0.05) is 31.2 Å². The summed E-state index contributed by atoms with van der Waals surface area (Å²) in [5.74, 6) is 0. The van der Waals surface area contributed by atoms with Crippen molar-refractivity contribution in [2.24, 2.45) is 5.41 Å². The highest BCUT2D eigenvalue weighted by atomic mass is 28.2. The van der Waals surface area contributed by atoms with Crippen LogP contribution in [-0.2, 0) is 4.43 Å². The fourth-order valence-electron chi connectivity index (χ4n) is 5.48. The normalized spacial score (nSPS) is 13.1. The van der Waals surface area contributed by atoms with Gasteiger partial charge in [-0.05, 0) is 96.7 Å². The van der Waals surface area contributed by atoms with E-state index in [-0.39, 0.29) is 0 Å². The zero-order chi connectivity index (χ0) is 25.0. The lowest BCUT2D eigenvalue weighted by atomic mass is 9.87. The SMILES string of the molecule is CCCN(CCC)CC(C[SiH2]OC(CC)CC)(CN(CCC)CCC)CN(CCC)CCC. The molecule has 0 N–H and O–H groups in total. The van der Waals surface area contributed by atoms with Crippen LogP contribution in [0, 0.1) is 5.41 Å². The molecule has 5 heteroatoms. The van der Waals surface area contributed by atoms with Crippen molar-refractivity contribution in [1.82, 2.24) is 14.7 Å². The number of nitrogens with zero attached hydrogens (tertiary/aromatic N) is 3. The summed E-state index contributed by atoms with van der Waals surface area (Å²) >= 11 is 0. The third-order valence-corrected chi connectivity index (χ3v) is 8.78. The summed E-state index contributed by atoms with van der Waals surface area (Å²) in [5, 5.41) is 0. The van der Waals surface area contributed by atoms with Gasteiger partial charge in [0.15, 0.2) is 9.76 Å². The summed E-state index contributed by atoms with van der Waals surface area (Å²) in [7, 11) is -0.555. The van der Waals surface area contributed by atoms with E-state index in [1.165, 1.54) is 103 Å². The summed E-state index contributed by atoms with van der Waals surface area (Å²) in [6.45, 7) is 29.7. The van der Waals surface area contributed by atoms with Gasteiger partial charge in [-0.3, -0.25) is 0 Å². The third kappa shape index (κ3) is 14.9. The van der Waals surface area contributed by atoms with Crippen LogP contribution < -0.4 is 0 Å². The molecule has 0 spiro atoms. The average molecular weight is 486 g/mol. The Morgan fingerprint density at radius 1 is 0.545 bits per heavy atom. The molecule has 0 aromatic carbocycles. The second-order valence-electron chi connectivity index (χ2n) is 10.4. The quantitative estimate of drug-likeness (QED) is 0.155. The molecule has 0 bridgehead atoms. The maximum absolute atomic E-state index is 6.58. The molecule has 200 valence electrons. The van der Waals surface area contributed by atoms with Crippen molar-refractivity contribution in [3.8, 4) is 0 Å². The van der Waals surface area contributed by atoms with E-state index in [9.17, 15) is 0 Å². The monoisotopic (exact) mass is 485 g/mol. The van der Waals surface area contributed by atoms with Gasteiger partial charge in [-0.2, -0.15) is 0 Å². The average Bonchev–Trinajstić information content (AvgIpc) is 2.78. The second-order valence-corrected chi connectivity index (χ2v) is 11.6. The first-order chi connectivity index (χ1) is 16.0. The number of rotatable bonds is 24. The zero-order valence-electron chi connectivity index (χ0n) is 24.3. The largest absolute Gasteiger partial charge is 0.421 e. The molecular weight excluding hydrogens is 422 g/mol. The Kier molecular flexibility index (Phi) is 21.4. The topological polar surface area (TPSA) is 19.0 Å². The van der Waals surface area contributed by atoms with E-state index in [2.05, 4.69) is 70.1 Å². The minimum Gasteiger partial charge on any atom is -0.421 e. The molecule has 0 aliphatic carbocycles. The van der Waals surface area contributed by atoms with Crippen molar-refractivity contribution in [3.63, 3.8) is 0 Å². The maximum atomic E-state index is 6.58. The summed E-state index contributed by atoms with van der Waals surface area (Å²) in [6, 6.07) is 1.31. The van der Waals surface area contributed by atoms with Gasteiger partial charge >= 0.3 is 0 Å². The molecule has 0 heterocycles. The lowest BCUT2D eigenvalue weighted by Gasteiger charge is -2.45. The van der Waals surface area contributed by atoms with E-state index in [1.807, 2.05) is 0 Å². The Morgan fingerprint density at radius 2 is 0.848 bits per heavy atom. The van der Waals surface area contributed by atoms with Gasteiger partial charge in [0.2, 0.25) is 0 Å². The fourth-order valence-corrected chi connectivity index (χ4v) is 7.31. The molecule has 0 aromatic heterocycles. The van der Waals surface area contributed by atoms with Crippen LogP contribution >= 0.6 is 0 Å².